The van der Waals surface area contributed by atoms with Gasteiger partial charge in [0.2, 0.25) is 5.91 Å². The van der Waals surface area contributed by atoms with Crippen LogP contribution in [-0.4, -0.2) is 45.4 Å². The minimum Gasteiger partial charge on any atom is -0.353 e. The normalized spacial score (nSPS) is 11.9. The molecule has 6 nitrogen and oxygen atoms in total. The van der Waals surface area contributed by atoms with Gasteiger partial charge in [-0.05, 0) is 37.0 Å². The van der Waals surface area contributed by atoms with Crippen LogP contribution >= 0.6 is 0 Å². The predicted octanol–water partition coefficient (Wildman–Crippen LogP) is 4.02. The van der Waals surface area contributed by atoms with E-state index in [9.17, 15) is 9.59 Å². The second-order valence-electron chi connectivity index (χ2n) is 8.31. The fourth-order valence-corrected chi connectivity index (χ4v) is 3.32. The molecule has 0 saturated heterocycles. The predicted molar refractivity (Wildman–Crippen MR) is 121 cm³/mol. The van der Waals surface area contributed by atoms with Gasteiger partial charge in [-0.1, -0.05) is 51.1 Å². The van der Waals surface area contributed by atoms with Gasteiger partial charge in [0.05, 0.1) is 6.54 Å². The van der Waals surface area contributed by atoms with Gasteiger partial charge in [0.25, 0.3) is 0 Å². The van der Waals surface area contributed by atoms with Crippen LogP contribution in [0.3, 0.4) is 0 Å². The van der Waals surface area contributed by atoms with E-state index in [2.05, 4.69) is 19.2 Å². The molecule has 1 aromatic heterocycles. The standard InChI is InChI=1S/C24H36N4O2/c1-6-20(4)28(24(30)25-15-21-11-8-7-9-12-21)18-23(29)27(16-19(2)3)17-22-13-10-14-26(22)5/h7-14,19-20H,6,15-18H2,1-5H3,(H,25,30). The molecule has 30 heavy (non-hydrogen) atoms. The van der Waals surface area contributed by atoms with Gasteiger partial charge in [-0.15, -0.1) is 0 Å². The highest BCUT2D eigenvalue weighted by Gasteiger charge is 2.25. The Morgan fingerprint density at radius 1 is 1.07 bits per heavy atom. The molecule has 1 unspecified atom stereocenters. The number of nitrogens with one attached hydrogen (secondary N) is 1. The molecule has 6 heteroatoms. The summed E-state index contributed by atoms with van der Waals surface area (Å²) in [5, 5.41) is 2.97. The van der Waals surface area contributed by atoms with Crippen LogP contribution in [0.15, 0.2) is 48.7 Å². The number of nitrogens with zero attached hydrogens (tertiary/aromatic N) is 3. The number of carbonyl (C=O) groups excluding carboxylic acids is 2. The van der Waals surface area contributed by atoms with Crippen molar-refractivity contribution in [3.8, 4) is 0 Å². The maximum Gasteiger partial charge on any atom is 0.318 e. The summed E-state index contributed by atoms with van der Waals surface area (Å²) in [5.41, 5.74) is 2.11. The Kier molecular flexibility index (Phi) is 8.96. The average molecular weight is 413 g/mol. The first-order valence-corrected chi connectivity index (χ1v) is 10.8. The van der Waals surface area contributed by atoms with Gasteiger partial charge >= 0.3 is 6.03 Å². The lowest BCUT2D eigenvalue weighted by Gasteiger charge is -2.32. The molecule has 0 fully saturated rings. The Hall–Kier alpha value is -2.76. The van der Waals surface area contributed by atoms with E-state index in [1.54, 1.807) is 4.90 Å². The number of hydrogen-bond donors (Lipinski definition) is 1. The minimum absolute atomic E-state index is 0.0272. The van der Waals surface area contributed by atoms with Crippen molar-refractivity contribution in [2.75, 3.05) is 13.1 Å². The molecule has 0 radical (unpaired) electrons. The summed E-state index contributed by atoms with van der Waals surface area (Å²) in [7, 11) is 1.98. The molecule has 0 saturated carbocycles. The van der Waals surface area contributed by atoms with Gasteiger partial charge in [-0.25, -0.2) is 4.79 Å². The maximum atomic E-state index is 13.2. The molecular formula is C24H36N4O2. The van der Waals surface area contributed by atoms with Crippen molar-refractivity contribution < 1.29 is 9.59 Å². The van der Waals surface area contributed by atoms with Crippen LogP contribution in [0.5, 0.6) is 0 Å². The summed E-state index contributed by atoms with van der Waals surface area (Å²) >= 11 is 0. The lowest BCUT2D eigenvalue weighted by molar-refractivity contribution is -0.133. The van der Waals surface area contributed by atoms with Gasteiger partial charge < -0.3 is 19.7 Å². The largest absolute Gasteiger partial charge is 0.353 e. The van der Waals surface area contributed by atoms with E-state index in [0.717, 1.165) is 17.7 Å². The molecule has 1 N–H and O–H groups in total. The zero-order valence-electron chi connectivity index (χ0n) is 19.0. The van der Waals surface area contributed by atoms with Crippen LogP contribution in [0, 0.1) is 5.92 Å². The van der Waals surface area contributed by atoms with Crippen LogP contribution < -0.4 is 5.32 Å². The van der Waals surface area contributed by atoms with Gasteiger partial charge in [-0.2, -0.15) is 0 Å². The molecule has 0 aliphatic heterocycles. The van der Waals surface area contributed by atoms with Crippen molar-refractivity contribution in [3.63, 3.8) is 0 Å². The van der Waals surface area contributed by atoms with Crippen LogP contribution in [0.4, 0.5) is 4.79 Å². The van der Waals surface area contributed by atoms with Crippen molar-refractivity contribution in [1.29, 1.82) is 0 Å². The summed E-state index contributed by atoms with van der Waals surface area (Å²) < 4.78 is 2.03. The summed E-state index contributed by atoms with van der Waals surface area (Å²) in [6, 6.07) is 13.6. The summed E-state index contributed by atoms with van der Waals surface area (Å²) in [4.78, 5) is 29.6. The second kappa shape index (κ2) is 11.4. The number of aryl methyl sites for hydroxylation is 1. The van der Waals surface area contributed by atoms with E-state index >= 15 is 0 Å². The molecule has 1 atom stereocenters. The number of aromatic nitrogens is 1. The van der Waals surface area contributed by atoms with Crippen LogP contribution in [0.1, 0.15) is 45.4 Å². The number of benzene rings is 1. The van der Waals surface area contributed by atoms with Crippen molar-refractivity contribution >= 4 is 11.9 Å². The fourth-order valence-electron chi connectivity index (χ4n) is 3.32. The Labute approximate surface area is 180 Å². The fraction of sp³-hybridized carbons (Fsp3) is 0.500. The van der Waals surface area contributed by atoms with Gasteiger partial charge in [0.15, 0.2) is 0 Å². The third-order valence-corrected chi connectivity index (χ3v) is 5.32. The molecular weight excluding hydrogens is 376 g/mol. The lowest BCUT2D eigenvalue weighted by atomic mass is 10.2. The number of urea groups is 1. The highest BCUT2D eigenvalue weighted by molar-refractivity contribution is 5.84. The lowest BCUT2D eigenvalue weighted by Crippen LogP contribution is -2.50. The third-order valence-electron chi connectivity index (χ3n) is 5.32. The maximum absolute atomic E-state index is 13.2. The Morgan fingerprint density at radius 2 is 1.77 bits per heavy atom. The number of hydrogen-bond acceptors (Lipinski definition) is 2. The molecule has 2 aromatic rings. The Balaban J connectivity index is 2.08. The summed E-state index contributed by atoms with van der Waals surface area (Å²) in [5.74, 6) is 0.318. The summed E-state index contributed by atoms with van der Waals surface area (Å²) in [6.07, 6.45) is 2.77. The van der Waals surface area contributed by atoms with Gasteiger partial charge in [0.1, 0.15) is 6.54 Å². The number of rotatable bonds is 10. The van der Waals surface area contributed by atoms with E-state index in [4.69, 9.17) is 0 Å². The van der Waals surface area contributed by atoms with Gasteiger partial charge in [0, 0.05) is 38.1 Å². The number of carbonyl (C=O) groups is 2. The average Bonchev–Trinajstić information content (AvgIpc) is 3.13. The zero-order valence-corrected chi connectivity index (χ0v) is 19.0. The molecule has 0 aliphatic carbocycles. The van der Waals surface area contributed by atoms with E-state index < -0.39 is 0 Å². The highest BCUT2D eigenvalue weighted by Crippen LogP contribution is 2.11. The van der Waals surface area contributed by atoms with Gasteiger partial charge in [-0.3, -0.25) is 4.79 Å². The molecule has 1 aromatic carbocycles. The van der Waals surface area contributed by atoms with E-state index in [0.29, 0.717) is 25.6 Å². The Bertz CT molecular complexity index is 801. The van der Waals surface area contributed by atoms with E-state index in [1.807, 2.05) is 79.0 Å². The molecule has 164 valence electrons. The third kappa shape index (κ3) is 6.94. The van der Waals surface area contributed by atoms with Crippen LogP contribution in [0.25, 0.3) is 0 Å². The van der Waals surface area contributed by atoms with Crippen LogP contribution in [-0.2, 0) is 24.9 Å². The molecule has 3 amide bonds. The van der Waals surface area contributed by atoms with E-state index in [-0.39, 0.29) is 24.5 Å². The van der Waals surface area contributed by atoms with E-state index in [1.165, 1.54) is 0 Å². The van der Waals surface area contributed by atoms with Crippen molar-refractivity contribution in [1.82, 2.24) is 19.7 Å². The van der Waals surface area contributed by atoms with Crippen molar-refractivity contribution in [2.24, 2.45) is 13.0 Å². The molecule has 0 spiro atoms. The monoisotopic (exact) mass is 412 g/mol. The van der Waals surface area contributed by atoms with Crippen LogP contribution in [0.2, 0.25) is 0 Å². The minimum atomic E-state index is -0.204. The first-order valence-electron chi connectivity index (χ1n) is 10.8. The highest BCUT2D eigenvalue weighted by atomic mass is 16.2. The SMILES string of the molecule is CCC(C)N(CC(=O)N(Cc1cccn1C)CC(C)C)C(=O)NCc1ccccc1. The molecule has 0 aliphatic rings. The number of amides is 3. The smallest absolute Gasteiger partial charge is 0.318 e. The second-order valence-corrected chi connectivity index (χ2v) is 8.31. The molecule has 2 rings (SSSR count). The molecule has 0 bridgehead atoms. The first-order chi connectivity index (χ1) is 14.3. The molecule has 1 heterocycles. The van der Waals surface area contributed by atoms with Crippen molar-refractivity contribution in [2.45, 2.75) is 53.2 Å². The topological polar surface area (TPSA) is 57.6 Å². The quantitative estimate of drug-likeness (QED) is 0.641. The summed E-state index contributed by atoms with van der Waals surface area (Å²) in [6.45, 7) is 9.94. The Morgan fingerprint density at radius 3 is 2.33 bits per heavy atom. The van der Waals surface area contributed by atoms with Crippen molar-refractivity contribution in [3.05, 3.63) is 59.9 Å². The first kappa shape index (κ1) is 23.5. The zero-order chi connectivity index (χ0) is 22.1.